The molecule has 7 nitrogen and oxygen atoms in total. The lowest BCUT2D eigenvalue weighted by Crippen LogP contribution is -2.23. The van der Waals surface area contributed by atoms with Crippen molar-refractivity contribution in [1.29, 1.82) is 0 Å². The molecule has 0 heterocycles. The molecule has 22 heavy (non-hydrogen) atoms. The van der Waals surface area contributed by atoms with E-state index in [1.54, 1.807) is 12.1 Å². The summed E-state index contributed by atoms with van der Waals surface area (Å²) in [6.45, 7) is 0. The summed E-state index contributed by atoms with van der Waals surface area (Å²) < 4.78 is 0. The number of nitro benzene ring substituents is 1. The number of benzene rings is 2. The lowest BCUT2D eigenvalue weighted by Gasteiger charge is -2.19. The SMILES string of the molecule is O=CNc1ccc([N+](=O)[O-])c2c1C(=O)c1ccccc1C2=O. The Labute approximate surface area is 123 Å². The second kappa shape index (κ2) is 4.88. The van der Waals surface area contributed by atoms with E-state index in [-0.39, 0.29) is 27.9 Å². The van der Waals surface area contributed by atoms with E-state index in [1.807, 2.05) is 0 Å². The van der Waals surface area contributed by atoms with Crippen molar-refractivity contribution in [2.45, 2.75) is 0 Å². The van der Waals surface area contributed by atoms with Crippen molar-refractivity contribution in [3.05, 3.63) is 68.8 Å². The summed E-state index contributed by atoms with van der Waals surface area (Å²) in [4.78, 5) is 46.3. The Hall–Kier alpha value is -3.35. The highest BCUT2D eigenvalue weighted by Gasteiger charge is 2.37. The highest BCUT2D eigenvalue weighted by atomic mass is 16.6. The predicted octanol–water partition coefficient (Wildman–Crippen LogP) is 1.94. The molecule has 0 saturated heterocycles. The van der Waals surface area contributed by atoms with E-state index in [4.69, 9.17) is 0 Å². The minimum atomic E-state index is -0.720. The topological polar surface area (TPSA) is 106 Å². The first-order valence-electron chi connectivity index (χ1n) is 6.26. The van der Waals surface area contributed by atoms with Gasteiger partial charge in [0.25, 0.3) is 5.69 Å². The minimum Gasteiger partial charge on any atom is -0.328 e. The third-order valence-corrected chi connectivity index (χ3v) is 3.46. The zero-order valence-electron chi connectivity index (χ0n) is 11.0. The third kappa shape index (κ3) is 1.80. The van der Waals surface area contributed by atoms with E-state index >= 15 is 0 Å². The Morgan fingerprint density at radius 3 is 2.09 bits per heavy atom. The van der Waals surface area contributed by atoms with Crippen LogP contribution in [0.5, 0.6) is 0 Å². The van der Waals surface area contributed by atoms with E-state index in [9.17, 15) is 24.5 Å². The molecule has 1 aliphatic rings. The van der Waals surface area contributed by atoms with Crippen LogP contribution in [0.15, 0.2) is 36.4 Å². The molecule has 0 radical (unpaired) electrons. The van der Waals surface area contributed by atoms with Gasteiger partial charge in [-0.2, -0.15) is 0 Å². The molecule has 0 spiro atoms. The Morgan fingerprint density at radius 2 is 1.55 bits per heavy atom. The van der Waals surface area contributed by atoms with Crippen LogP contribution < -0.4 is 5.32 Å². The quantitative estimate of drug-likeness (QED) is 0.451. The molecule has 1 N–H and O–H groups in total. The van der Waals surface area contributed by atoms with Gasteiger partial charge in [0.05, 0.1) is 16.2 Å². The van der Waals surface area contributed by atoms with Crippen molar-refractivity contribution in [2.75, 3.05) is 5.32 Å². The second-order valence-electron chi connectivity index (χ2n) is 4.61. The number of fused-ring (bicyclic) bond motifs is 2. The molecule has 0 bridgehead atoms. The van der Waals surface area contributed by atoms with E-state index in [0.29, 0.717) is 6.41 Å². The average Bonchev–Trinajstić information content (AvgIpc) is 2.52. The van der Waals surface area contributed by atoms with Crippen molar-refractivity contribution >= 4 is 29.4 Å². The monoisotopic (exact) mass is 296 g/mol. The number of carbonyl (C=O) groups is 3. The summed E-state index contributed by atoms with van der Waals surface area (Å²) in [6.07, 6.45) is 0.347. The van der Waals surface area contributed by atoms with Crippen LogP contribution in [0.25, 0.3) is 0 Å². The smallest absolute Gasteiger partial charge is 0.281 e. The third-order valence-electron chi connectivity index (χ3n) is 3.46. The summed E-state index contributed by atoms with van der Waals surface area (Å²) in [5.74, 6) is -1.13. The number of nitrogens with one attached hydrogen (secondary N) is 1. The van der Waals surface area contributed by atoms with Crippen molar-refractivity contribution in [1.82, 2.24) is 0 Å². The number of carbonyl (C=O) groups excluding carboxylic acids is 3. The Morgan fingerprint density at radius 1 is 0.955 bits per heavy atom. The van der Waals surface area contributed by atoms with E-state index in [0.717, 1.165) is 6.07 Å². The van der Waals surface area contributed by atoms with E-state index < -0.39 is 22.2 Å². The number of ketones is 2. The summed E-state index contributed by atoms with van der Waals surface area (Å²) in [7, 11) is 0. The van der Waals surface area contributed by atoms with Gasteiger partial charge in [0.2, 0.25) is 12.2 Å². The number of hydrogen-bond donors (Lipinski definition) is 1. The van der Waals surface area contributed by atoms with Gasteiger partial charge in [-0.3, -0.25) is 24.5 Å². The maximum Gasteiger partial charge on any atom is 0.281 e. The lowest BCUT2D eigenvalue weighted by molar-refractivity contribution is -0.385. The first-order chi connectivity index (χ1) is 10.6. The predicted molar refractivity (Wildman–Crippen MR) is 76.1 cm³/mol. The molecule has 0 fully saturated rings. The van der Waals surface area contributed by atoms with E-state index in [1.165, 1.54) is 18.2 Å². The van der Waals surface area contributed by atoms with Gasteiger partial charge in [-0.1, -0.05) is 24.3 Å². The van der Waals surface area contributed by atoms with Gasteiger partial charge in [0.1, 0.15) is 5.56 Å². The van der Waals surface area contributed by atoms with Crippen LogP contribution in [0.4, 0.5) is 11.4 Å². The standard InChI is InChI=1S/C15H8N2O5/c18-7-16-10-5-6-11(17(21)22)13-12(10)14(19)8-3-1-2-4-9(8)15(13)20/h1-7H,(H,16,18). The fourth-order valence-electron chi connectivity index (χ4n) is 2.54. The van der Waals surface area contributed by atoms with Gasteiger partial charge in [-0.05, 0) is 6.07 Å². The van der Waals surface area contributed by atoms with E-state index in [2.05, 4.69) is 5.32 Å². The van der Waals surface area contributed by atoms with Crippen LogP contribution >= 0.6 is 0 Å². The zero-order chi connectivity index (χ0) is 15.9. The molecule has 108 valence electrons. The van der Waals surface area contributed by atoms with Crippen molar-refractivity contribution in [2.24, 2.45) is 0 Å². The summed E-state index contributed by atoms with van der Waals surface area (Å²) in [6, 6.07) is 8.44. The molecule has 1 aliphatic carbocycles. The Bertz CT molecular complexity index is 857. The van der Waals surface area contributed by atoms with Crippen LogP contribution in [0.3, 0.4) is 0 Å². The Balaban J connectivity index is 2.38. The number of amides is 1. The number of anilines is 1. The first-order valence-corrected chi connectivity index (χ1v) is 6.26. The van der Waals surface area contributed by atoms with Crippen LogP contribution in [-0.2, 0) is 4.79 Å². The first kappa shape index (κ1) is 13.6. The van der Waals surface area contributed by atoms with Crippen LogP contribution in [-0.4, -0.2) is 22.9 Å². The molecular formula is C15H8N2O5. The van der Waals surface area contributed by atoms with Gasteiger partial charge in [-0.25, -0.2) is 0 Å². The maximum atomic E-state index is 12.6. The Kier molecular flexibility index (Phi) is 3.03. The van der Waals surface area contributed by atoms with Crippen LogP contribution in [0, 0.1) is 10.1 Å². The highest BCUT2D eigenvalue weighted by molar-refractivity contribution is 6.31. The summed E-state index contributed by atoms with van der Waals surface area (Å²) >= 11 is 0. The molecular weight excluding hydrogens is 288 g/mol. The highest BCUT2D eigenvalue weighted by Crippen LogP contribution is 2.37. The lowest BCUT2D eigenvalue weighted by atomic mass is 9.82. The van der Waals surface area contributed by atoms with Gasteiger partial charge in [0.15, 0.2) is 5.78 Å². The van der Waals surface area contributed by atoms with Crippen molar-refractivity contribution < 1.29 is 19.3 Å². The van der Waals surface area contributed by atoms with Crippen molar-refractivity contribution in [3.63, 3.8) is 0 Å². The molecule has 3 rings (SSSR count). The largest absolute Gasteiger partial charge is 0.328 e. The number of hydrogen-bond acceptors (Lipinski definition) is 5. The van der Waals surface area contributed by atoms with Gasteiger partial charge < -0.3 is 5.32 Å². The van der Waals surface area contributed by atoms with Gasteiger partial charge in [0, 0.05) is 17.2 Å². The van der Waals surface area contributed by atoms with Gasteiger partial charge >= 0.3 is 0 Å². The van der Waals surface area contributed by atoms with Crippen molar-refractivity contribution in [3.8, 4) is 0 Å². The molecule has 0 atom stereocenters. The number of nitro groups is 1. The van der Waals surface area contributed by atoms with Gasteiger partial charge in [-0.15, -0.1) is 0 Å². The number of nitrogens with zero attached hydrogens (tertiary/aromatic N) is 1. The minimum absolute atomic E-state index is 0.0726. The zero-order valence-corrected chi connectivity index (χ0v) is 11.0. The molecule has 1 amide bonds. The molecule has 2 aromatic rings. The van der Waals surface area contributed by atoms with Crippen LogP contribution in [0.2, 0.25) is 0 Å². The fraction of sp³-hybridized carbons (Fsp3) is 0. The fourth-order valence-corrected chi connectivity index (χ4v) is 2.54. The second-order valence-corrected chi connectivity index (χ2v) is 4.61. The maximum absolute atomic E-state index is 12.6. The molecule has 0 aromatic heterocycles. The van der Waals surface area contributed by atoms with Crippen LogP contribution in [0.1, 0.15) is 31.8 Å². The summed E-state index contributed by atoms with van der Waals surface area (Å²) in [5, 5.41) is 13.5. The molecule has 7 heteroatoms. The summed E-state index contributed by atoms with van der Waals surface area (Å²) in [5.41, 5.74) is -0.547. The molecule has 0 saturated carbocycles. The average molecular weight is 296 g/mol. The molecule has 0 unspecified atom stereocenters. The molecule has 2 aromatic carbocycles. The normalized spacial score (nSPS) is 12.4. The molecule has 0 aliphatic heterocycles. The number of rotatable bonds is 3.